The van der Waals surface area contributed by atoms with Gasteiger partial charge in [0.25, 0.3) is 0 Å². The molecule has 1 saturated heterocycles. The number of hydrogen-bond acceptors (Lipinski definition) is 2. The molecule has 0 atom stereocenters. The molecule has 1 aliphatic heterocycles. The Hall–Kier alpha value is -0.570. The third-order valence-electron chi connectivity index (χ3n) is 4.57. The van der Waals surface area contributed by atoms with E-state index in [9.17, 15) is 4.79 Å². The van der Waals surface area contributed by atoms with Gasteiger partial charge < -0.3 is 10.2 Å². The lowest BCUT2D eigenvalue weighted by atomic mass is 9.74. The van der Waals surface area contributed by atoms with Crippen LogP contribution in [0.15, 0.2) is 0 Å². The van der Waals surface area contributed by atoms with Crippen LogP contribution < -0.4 is 5.32 Å². The van der Waals surface area contributed by atoms with E-state index >= 15 is 0 Å². The zero-order chi connectivity index (χ0) is 11.4. The van der Waals surface area contributed by atoms with E-state index in [2.05, 4.69) is 12.4 Å². The van der Waals surface area contributed by atoms with Crippen molar-refractivity contribution in [3.8, 4) is 0 Å². The molecular formula is C13H24N2O. The van der Waals surface area contributed by atoms with E-state index in [-0.39, 0.29) is 0 Å². The average molecular weight is 224 g/mol. The zero-order valence-electron chi connectivity index (χ0n) is 10.3. The van der Waals surface area contributed by atoms with Gasteiger partial charge in [-0.25, -0.2) is 0 Å². The van der Waals surface area contributed by atoms with E-state index in [0.717, 1.165) is 37.4 Å². The Morgan fingerprint density at radius 2 is 1.56 bits per heavy atom. The van der Waals surface area contributed by atoms with Crippen LogP contribution in [0, 0.1) is 11.8 Å². The van der Waals surface area contributed by atoms with Gasteiger partial charge in [0.05, 0.1) is 0 Å². The molecule has 0 radical (unpaired) electrons. The van der Waals surface area contributed by atoms with Gasteiger partial charge in [-0.1, -0.05) is 0 Å². The molecule has 1 heterocycles. The summed E-state index contributed by atoms with van der Waals surface area (Å²) in [6.45, 7) is 1.97. The van der Waals surface area contributed by atoms with Crippen molar-refractivity contribution in [2.24, 2.45) is 11.8 Å². The van der Waals surface area contributed by atoms with Gasteiger partial charge in [-0.05, 0) is 57.4 Å². The third-order valence-corrected chi connectivity index (χ3v) is 4.57. The van der Waals surface area contributed by atoms with Gasteiger partial charge in [0.1, 0.15) is 0 Å². The fourth-order valence-electron chi connectivity index (χ4n) is 3.38. The van der Waals surface area contributed by atoms with Gasteiger partial charge >= 0.3 is 0 Å². The summed E-state index contributed by atoms with van der Waals surface area (Å²) in [7, 11) is 2.08. The molecule has 0 spiro atoms. The van der Waals surface area contributed by atoms with Crippen LogP contribution >= 0.6 is 0 Å². The highest BCUT2D eigenvalue weighted by Gasteiger charge is 2.29. The summed E-state index contributed by atoms with van der Waals surface area (Å²) in [4.78, 5) is 12.6. The molecule has 3 nitrogen and oxygen atoms in total. The monoisotopic (exact) mass is 224 g/mol. The Morgan fingerprint density at radius 3 is 2.06 bits per heavy atom. The molecule has 0 unspecified atom stereocenters. The molecule has 1 saturated carbocycles. The number of amides is 1. The lowest BCUT2D eigenvalue weighted by Crippen LogP contribution is -2.38. The number of rotatable bonds is 3. The van der Waals surface area contributed by atoms with E-state index in [0.29, 0.717) is 0 Å². The van der Waals surface area contributed by atoms with Gasteiger partial charge in [-0.15, -0.1) is 0 Å². The molecular weight excluding hydrogens is 200 g/mol. The molecule has 2 rings (SSSR count). The summed E-state index contributed by atoms with van der Waals surface area (Å²) in [6.07, 6.45) is 8.92. The van der Waals surface area contributed by atoms with Crippen molar-refractivity contribution < 1.29 is 4.79 Å². The lowest BCUT2D eigenvalue weighted by molar-refractivity contribution is -0.119. The van der Waals surface area contributed by atoms with Gasteiger partial charge in [0.15, 0.2) is 0 Å². The van der Waals surface area contributed by atoms with E-state index in [1.165, 1.54) is 38.5 Å². The fraction of sp³-hybridized carbons (Fsp3) is 0.923. The first kappa shape index (κ1) is 11.9. The first-order chi connectivity index (χ1) is 7.83. The number of nitrogens with one attached hydrogen (secondary N) is 1. The van der Waals surface area contributed by atoms with Crippen molar-refractivity contribution in [1.29, 1.82) is 0 Å². The van der Waals surface area contributed by atoms with Crippen LogP contribution in [0.5, 0.6) is 0 Å². The maximum Gasteiger partial charge on any atom is 0.209 e. The SMILES string of the molecule is CNC1CCC(C2CCN(C=O)CC2)CC1. The molecule has 1 amide bonds. The molecule has 0 aromatic rings. The van der Waals surface area contributed by atoms with Crippen molar-refractivity contribution in [2.45, 2.75) is 44.6 Å². The Bertz CT molecular complexity index is 216. The van der Waals surface area contributed by atoms with Gasteiger partial charge in [-0.2, -0.15) is 0 Å². The standard InChI is InChI=1S/C13H24N2O/c1-14-13-4-2-11(3-5-13)12-6-8-15(10-16)9-7-12/h10-14H,2-9H2,1H3. The van der Waals surface area contributed by atoms with E-state index in [1.54, 1.807) is 0 Å². The van der Waals surface area contributed by atoms with Crippen LogP contribution in [0.25, 0.3) is 0 Å². The molecule has 16 heavy (non-hydrogen) atoms. The van der Waals surface area contributed by atoms with Crippen LogP contribution in [0.3, 0.4) is 0 Å². The number of carbonyl (C=O) groups is 1. The first-order valence-corrected chi connectivity index (χ1v) is 6.70. The van der Waals surface area contributed by atoms with Crippen molar-refractivity contribution in [2.75, 3.05) is 20.1 Å². The highest BCUT2D eigenvalue weighted by Crippen LogP contribution is 2.35. The summed E-state index contributed by atoms with van der Waals surface area (Å²) >= 11 is 0. The second-order valence-electron chi connectivity index (χ2n) is 5.38. The largest absolute Gasteiger partial charge is 0.345 e. The summed E-state index contributed by atoms with van der Waals surface area (Å²) in [5.41, 5.74) is 0. The van der Waals surface area contributed by atoms with Crippen molar-refractivity contribution in [3.05, 3.63) is 0 Å². The summed E-state index contributed by atoms with van der Waals surface area (Å²) in [6, 6.07) is 0.756. The van der Waals surface area contributed by atoms with Crippen molar-refractivity contribution in [1.82, 2.24) is 10.2 Å². The van der Waals surface area contributed by atoms with Gasteiger partial charge in [0.2, 0.25) is 6.41 Å². The molecule has 3 heteroatoms. The minimum atomic E-state index is 0.756. The summed E-state index contributed by atoms with van der Waals surface area (Å²) in [5, 5.41) is 3.39. The number of likely N-dealkylation sites (tertiary alicyclic amines) is 1. The quantitative estimate of drug-likeness (QED) is 0.739. The molecule has 2 fully saturated rings. The highest BCUT2D eigenvalue weighted by molar-refractivity contribution is 5.47. The molecule has 1 N–H and O–H groups in total. The smallest absolute Gasteiger partial charge is 0.209 e. The summed E-state index contributed by atoms with van der Waals surface area (Å²) in [5.74, 6) is 1.81. The molecule has 2 aliphatic rings. The second kappa shape index (κ2) is 5.67. The maximum atomic E-state index is 10.6. The minimum Gasteiger partial charge on any atom is -0.345 e. The lowest BCUT2D eigenvalue weighted by Gasteiger charge is -2.38. The Morgan fingerprint density at radius 1 is 1.00 bits per heavy atom. The van der Waals surface area contributed by atoms with Gasteiger partial charge in [-0.3, -0.25) is 4.79 Å². The number of hydrogen-bond donors (Lipinski definition) is 1. The predicted molar refractivity (Wildman–Crippen MR) is 65.2 cm³/mol. The Labute approximate surface area is 98.6 Å². The van der Waals surface area contributed by atoms with Crippen LogP contribution in [0.2, 0.25) is 0 Å². The van der Waals surface area contributed by atoms with Crippen LogP contribution in [-0.2, 0) is 4.79 Å². The minimum absolute atomic E-state index is 0.756. The van der Waals surface area contributed by atoms with Crippen molar-refractivity contribution >= 4 is 6.41 Å². The van der Waals surface area contributed by atoms with E-state index < -0.39 is 0 Å². The topological polar surface area (TPSA) is 32.3 Å². The molecule has 0 aromatic carbocycles. The number of nitrogens with zero attached hydrogens (tertiary/aromatic N) is 1. The second-order valence-corrected chi connectivity index (χ2v) is 5.38. The fourth-order valence-corrected chi connectivity index (χ4v) is 3.38. The average Bonchev–Trinajstić information content (AvgIpc) is 2.39. The Balaban J connectivity index is 1.75. The van der Waals surface area contributed by atoms with Crippen LogP contribution in [0.4, 0.5) is 0 Å². The van der Waals surface area contributed by atoms with Crippen LogP contribution in [0.1, 0.15) is 38.5 Å². The number of piperidine rings is 1. The van der Waals surface area contributed by atoms with E-state index in [1.807, 2.05) is 4.90 Å². The summed E-state index contributed by atoms with van der Waals surface area (Å²) < 4.78 is 0. The normalized spacial score (nSPS) is 32.7. The molecule has 0 bridgehead atoms. The van der Waals surface area contributed by atoms with Crippen molar-refractivity contribution in [3.63, 3.8) is 0 Å². The highest BCUT2D eigenvalue weighted by atomic mass is 16.1. The number of carbonyl (C=O) groups excluding carboxylic acids is 1. The zero-order valence-corrected chi connectivity index (χ0v) is 10.3. The third kappa shape index (κ3) is 2.76. The molecule has 92 valence electrons. The molecule has 0 aromatic heterocycles. The molecule has 1 aliphatic carbocycles. The van der Waals surface area contributed by atoms with E-state index in [4.69, 9.17) is 0 Å². The maximum absolute atomic E-state index is 10.6. The van der Waals surface area contributed by atoms with Crippen LogP contribution in [-0.4, -0.2) is 37.5 Å². The Kier molecular flexibility index (Phi) is 4.22. The van der Waals surface area contributed by atoms with Gasteiger partial charge in [0, 0.05) is 19.1 Å². The predicted octanol–water partition coefficient (Wildman–Crippen LogP) is 1.63. The first-order valence-electron chi connectivity index (χ1n) is 6.70.